The minimum absolute atomic E-state index is 0.0555. The van der Waals surface area contributed by atoms with Crippen LogP contribution in [0.3, 0.4) is 0 Å². The highest BCUT2D eigenvalue weighted by Gasteiger charge is 2.04. The van der Waals surface area contributed by atoms with Crippen molar-refractivity contribution < 1.29 is 14.3 Å². The van der Waals surface area contributed by atoms with Gasteiger partial charge in [-0.2, -0.15) is 4.98 Å². The Morgan fingerprint density at radius 1 is 1.39 bits per heavy atom. The second-order valence-electron chi connectivity index (χ2n) is 3.86. The summed E-state index contributed by atoms with van der Waals surface area (Å²) in [7, 11) is 0. The fourth-order valence-corrected chi connectivity index (χ4v) is 1.55. The molecule has 18 heavy (non-hydrogen) atoms. The minimum Gasteiger partial charge on any atom is -0.423 e. The summed E-state index contributed by atoms with van der Waals surface area (Å²) in [6.45, 7) is 1.73. The van der Waals surface area contributed by atoms with E-state index >= 15 is 0 Å². The summed E-state index contributed by atoms with van der Waals surface area (Å²) in [4.78, 5) is 4.27. The van der Waals surface area contributed by atoms with Gasteiger partial charge in [-0.3, -0.25) is 0 Å². The van der Waals surface area contributed by atoms with Gasteiger partial charge in [-0.1, -0.05) is 0 Å². The molecule has 0 radical (unpaired) electrons. The molecular weight excluding hydrogens is 234 g/mol. The maximum Gasteiger partial charge on any atom is 0.295 e. The molecule has 0 atom stereocenters. The molecule has 0 aliphatic heterocycles. The van der Waals surface area contributed by atoms with Gasteiger partial charge in [0.15, 0.2) is 5.58 Å². The number of aromatic nitrogens is 1. The van der Waals surface area contributed by atoms with Crippen LogP contribution in [0.25, 0.3) is 11.1 Å². The van der Waals surface area contributed by atoms with E-state index in [1.54, 1.807) is 12.1 Å². The maximum absolute atomic E-state index is 8.53. The Balaban J connectivity index is 1.81. The summed E-state index contributed by atoms with van der Waals surface area (Å²) in [5.41, 5.74) is 7.77. The van der Waals surface area contributed by atoms with Crippen LogP contribution in [0.1, 0.15) is 6.42 Å². The maximum atomic E-state index is 8.53. The first-order valence-corrected chi connectivity index (χ1v) is 5.88. The van der Waals surface area contributed by atoms with Gasteiger partial charge in [0.05, 0.1) is 13.2 Å². The van der Waals surface area contributed by atoms with Gasteiger partial charge < -0.3 is 25.3 Å². The van der Waals surface area contributed by atoms with Gasteiger partial charge in [0.1, 0.15) is 5.52 Å². The lowest BCUT2D eigenvalue weighted by Gasteiger charge is -2.02. The average molecular weight is 251 g/mol. The fourth-order valence-electron chi connectivity index (χ4n) is 1.55. The lowest BCUT2D eigenvalue weighted by atomic mass is 10.3. The van der Waals surface area contributed by atoms with Crippen molar-refractivity contribution in [1.29, 1.82) is 0 Å². The molecule has 98 valence electrons. The molecular formula is C12H17N3O3. The third kappa shape index (κ3) is 3.35. The lowest BCUT2D eigenvalue weighted by Crippen LogP contribution is -2.07. The van der Waals surface area contributed by atoms with E-state index in [1.807, 2.05) is 6.07 Å². The van der Waals surface area contributed by atoms with Crippen molar-refractivity contribution in [2.45, 2.75) is 6.42 Å². The van der Waals surface area contributed by atoms with Crippen LogP contribution in [-0.2, 0) is 4.74 Å². The van der Waals surface area contributed by atoms with E-state index in [-0.39, 0.29) is 6.61 Å². The molecule has 0 aliphatic carbocycles. The Labute approximate surface area is 105 Å². The van der Waals surface area contributed by atoms with Crippen LogP contribution >= 0.6 is 0 Å². The first kappa shape index (κ1) is 12.7. The highest BCUT2D eigenvalue weighted by molar-refractivity contribution is 5.77. The van der Waals surface area contributed by atoms with E-state index in [0.29, 0.717) is 37.0 Å². The molecule has 6 nitrogen and oxygen atoms in total. The molecule has 0 bridgehead atoms. The van der Waals surface area contributed by atoms with Crippen molar-refractivity contribution in [1.82, 2.24) is 4.98 Å². The van der Waals surface area contributed by atoms with Gasteiger partial charge in [-0.15, -0.1) is 0 Å². The summed E-state index contributed by atoms with van der Waals surface area (Å²) in [5.74, 6) is 0. The number of nitrogens with two attached hydrogens (primary N) is 1. The summed E-state index contributed by atoms with van der Waals surface area (Å²) in [6.07, 6.45) is 0.820. The van der Waals surface area contributed by atoms with Crippen LogP contribution in [-0.4, -0.2) is 36.5 Å². The number of benzene rings is 1. The predicted octanol–water partition coefficient (Wildman–Crippen LogP) is 1.22. The van der Waals surface area contributed by atoms with E-state index in [2.05, 4.69) is 10.3 Å². The van der Waals surface area contributed by atoms with Crippen LogP contribution in [0.4, 0.5) is 11.7 Å². The minimum atomic E-state index is 0.0555. The Hall–Kier alpha value is -1.79. The van der Waals surface area contributed by atoms with E-state index in [9.17, 15) is 0 Å². The molecule has 6 heteroatoms. The Bertz CT molecular complexity index is 498. The third-order valence-corrected chi connectivity index (χ3v) is 2.39. The standard InChI is InChI=1S/C12H17N3O3/c13-9-2-3-10-11(8-9)18-12(15-10)14-4-1-6-17-7-5-16/h2-3,8,16H,1,4-7,13H2,(H,14,15). The molecule has 0 aliphatic rings. The normalized spacial score (nSPS) is 10.9. The first-order chi connectivity index (χ1) is 8.79. The zero-order chi connectivity index (χ0) is 12.8. The van der Waals surface area contributed by atoms with Crippen LogP contribution in [0.5, 0.6) is 0 Å². The Morgan fingerprint density at radius 2 is 2.28 bits per heavy atom. The van der Waals surface area contributed by atoms with Gasteiger partial charge in [-0.25, -0.2) is 0 Å². The summed E-state index contributed by atoms with van der Waals surface area (Å²) >= 11 is 0. The van der Waals surface area contributed by atoms with Gasteiger partial charge in [0.2, 0.25) is 0 Å². The van der Waals surface area contributed by atoms with Gasteiger partial charge in [0, 0.05) is 24.9 Å². The molecule has 0 saturated carbocycles. The van der Waals surface area contributed by atoms with Crippen molar-refractivity contribution in [3.05, 3.63) is 18.2 Å². The second-order valence-corrected chi connectivity index (χ2v) is 3.86. The topological polar surface area (TPSA) is 93.5 Å². The smallest absolute Gasteiger partial charge is 0.295 e. The highest BCUT2D eigenvalue weighted by atomic mass is 16.5. The zero-order valence-electron chi connectivity index (χ0n) is 10.1. The van der Waals surface area contributed by atoms with Crippen molar-refractivity contribution in [2.24, 2.45) is 0 Å². The quantitative estimate of drug-likeness (QED) is 0.506. The van der Waals surface area contributed by atoms with E-state index in [0.717, 1.165) is 11.9 Å². The molecule has 1 heterocycles. The van der Waals surface area contributed by atoms with E-state index in [4.69, 9.17) is 20.0 Å². The highest BCUT2D eigenvalue weighted by Crippen LogP contribution is 2.20. The van der Waals surface area contributed by atoms with Crippen LogP contribution in [0, 0.1) is 0 Å². The predicted molar refractivity (Wildman–Crippen MR) is 69.4 cm³/mol. The molecule has 1 aromatic heterocycles. The first-order valence-electron chi connectivity index (χ1n) is 5.88. The summed E-state index contributed by atoms with van der Waals surface area (Å²) < 4.78 is 10.6. The molecule has 0 spiro atoms. The lowest BCUT2D eigenvalue weighted by molar-refractivity contribution is 0.0921. The van der Waals surface area contributed by atoms with Crippen LogP contribution < -0.4 is 11.1 Å². The second kappa shape index (κ2) is 6.23. The number of anilines is 2. The number of oxazole rings is 1. The third-order valence-electron chi connectivity index (χ3n) is 2.39. The largest absolute Gasteiger partial charge is 0.423 e. The molecule has 1 aromatic carbocycles. The van der Waals surface area contributed by atoms with Gasteiger partial charge >= 0.3 is 0 Å². The number of hydrogen-bond donors (Lipinski definition) is 3. The summed E-state index contributed by atoms with van der Waals surface area (Å²) in [6, 6.07) is 5.84. The van der Waals surface area contributed by atoms with Crippen LogP contribution in [0.15, 0.2) is 22.6 Å². The van der Waals surface area contributed by atoms with E-state index in [1.165, 1.54) is 0 Å². The fraction of sp³-hybridized carbons (Fsp3) is 0.417. The zero-order valence-corrected chi connectivity index (χ0v) is 10.1. The molecule has 0 unspecified atom stereocenters. The molecule has 0 amide bonds. The number of hydrogen-bond acceptors (Lipinski definition) is 6. The summed E-state index contributed by atoms with van der Waals surface area (Å²) in [5, 5.41) is 11.6. The average Bonchev–Trinajstić information content (AvgIpc) is 2.75. The Kier molecular flexibility index (Phi) is 4.38. The van der Waals surface area contributed by atoms with Crippen molar-refractivity contribution in [2.75, 3.05) is 37.4 Å². The molecule has 0 fully saturated rings. The van der Waals surface area contributed by atoms with Crippen molar-refractivity contribution >= 4 is 22.8 Å². The number of aliphatic hydroxyl groups excluding tert-OH is 1. The number of nitrogen functional groups attached to an aromatic ring is 1. The molecule has 0 saturated heterocycles. The number of nitrogens with zero attached hydrogens (tertiary/aromatic N) is 1. The van der Waals surface area contributed by atoms with Crippen molar-refractivity contribution in [3.8, 4) is 0 Å². The number of aliphatic hydroxyl groups is 1. The van der Waals surface area contributed by atoms with Gasteiger partial charge in [0.25, 0.3) is 6.01 Å². The molecule has 2 aromatic rings. The van der Waals surface area contributed by atoms with Crippen molar-refractivity contribution in [3.63, 3.8) is 0 Å². The molecule has 2 rings (SSSR count). The number of nitrogens with one attached hydrogen (secondary N) is 1. The van der Waals surface area contributed by atoms with E-state index < -0.39 is 0 Å². The number of ether oxygens (including phenoxy) is 1. The Morgan fingerprint density at radius 3 is 3.11 bits per heavy atom. The monoisotopic (exact) mass is 251 g/mol. The van der Waals surface area contributed by atoms with Gasteiger partial charge in [-0.05, 0) is 18.6 Å². The molecule has 4 N–H and O–H groups in total. The number of fused-ring (bicyclic) bond motifs is 1. The van der Waals surface area contributed by atoms with Crippen LogP contribution in [0.2, 0.25) is 0 Å². The number of rotatable bonds is 7. The SMILES string of the molecule is Nc1ccc2nc(NCCCOCCO)oc2c1.